The minimum absolute atomic E-state index is 0.162. The molecule has 2 aromatic heterocycles. The highest BCUT2D eigenvalue weighted by Gasteiger charge is 1.98. The van der Waals surface area contributed by atoms with Gasteiger partial charge in [0.1, 0.15) is 17.7 Å². The number of hydrogen-bond donors (Lipinski definition) is 0. The first-order valence-electron chi connectivity index (χ1n) is 7.20. The Morgan fingerprint density at radius 1 is 0.958 bits per heavy atom. The minimum Gasteiger partial charge on any atom is -0.357 e. The van der Waals surface area contributed by atoms with Crippen molar-refractivity contribution in [2.24, 2.45) is 0 Å². The Morgan fingerprint density at radius 3 is 2.25 bits per heavy atom. The molecule has 24 heavy (non-hydrogen) atoms. The van der Waals surface area contributed by atoms with Gasteiger partial charge in [0.2, 0.25) is 0 Å². The van der Waals surface area contributed by atoms with Gasteiger partial charge in [-0.05, 0) is 54.1 Å². The van der Waals surface area contributed by atoms with Crippen molar-refractivity contribution in [2.45, 2.75) is 0 Å². The highest BCUT2D eigenvalue weighted by atomic mass is 32.1. The van der Waals surface area contributed by atoms with Crippen molar-refractivity contribution in [1.29, 1.82) is 10.5 Å². The maximum atomic E-state index is 8.90. The second kappa shape index (κ2) is 7.14. The third-order valence-corrected chi connectivity index (χ3v) is 5.57. The van der Waals surface area contributed by atoms with Crippen LogP contribution in [0.25, 0.3) is 23.3 Å². The van der Waals surface area contributed by atoms with Crippen LogP contribution in [-0.2, 0) is 0 Å². The van der Waals surface area contributed by atoms with E-state index in [0.717, 1.165) is 9.06 Å². The highest BCUT2D eigenvalue weighted by Crippen LogP contribution is 2.07. The molecule has 2 aromatic rings. The zero-order valence-corrected chi connectivity index (χ0v) is 14.6. The Kier molecular flexibility index (Phi) is 4.77. The Morgan fingerprint density at radius 2 is 1.58 bits per heavy atom. The fraction of sp³-hybridized carbons (Fsp3) is 0.0526. The summed E-state index contributed by atoms with van der Waals surface area (Å²) in [6.45, 7) is 0. The zero-order valence-electron chi connectivity index (χ0n) is 12.9. The first-order valence-corrected chi connectivity index (χ1v) is 8.84. The predicted molar refractivity (Wildman–Crippen MR) is 100 cm³/mol. The van der Waals surface area contributed by atoms with Crippen LogP contribution in [-0.4, -0.2) is 11.9 Å². The Labute approximate surface area is 147 Å². The molecule has 0 bridgehead atoms. The molecular weight excluding hydrogens is 334 g/mol. The third kappa shape index (κ3) is 3.55. The van der Waals surface area contributed by atoms with Gasteiger partial charge >= 0.3 is 0 Å². The van der Waals surface area contributed by atoms with Crippen LogP contribution in [0, 0.1) is 22.7 Å². The summed E-state index contributed by atoms with van der Waals surface area (Å²) in [5, 5.41) is 17.8. The monoisotopic (exact) mass is 347 g/mol. The first kappa shape index (κ1) is 16.0. The van der Waals surface area contributed by atoms with E-state index in [1.807, 2.05) is 54.7 Å². The molecule has 0 saturated heterocycles. The molecule has 3 heterocycles. The van der Waals surface area contributed by atoms with Gasteiger partial charge in [-0.1, -0.05) is 0 Å². The second-order valence-electron chi connectivity index (χ2n) is 5.09. The Bertz CT molecular complexity index is 1110. The molecule has 116 valence electrons. The first-order chi connectivity index (χ1) is 11.7. The lowest BCUT2D eigenvalue weighted by Gasteiger charge is -2.11. The molecule has 0 aromatic carbocycles. The zero-order chi connectivity index (χ0) is 16.9. The molecule has 5 heteroatoms. The number of allylic oxidation sites excluding steroid dienone is 2. The molecular formula is C19H13N3S2. The average Bonchev–Trinajstić information content (AvgIpc) is 3.24. The lowest BCUT2D eigenvalue weighted by molar-refractivity contribution is 0.623. The molecule has 0 N–H and O–H groups in total. The lowest BCUT2D eigenvalue weighted by atomic mass is 10.2. The van der Waals surface area contributed by atoms with Crippen molar-refractivity contribution in [3.63, 3.8) is 0 Å². The molecule has 3 rings (SSSR count). The maximum Gasteiger partial charge on any atom is 0.146 e. The summed E-state index contributed by atoms with van der Waals surface area (Å²) in [4.78, 5) is 2.01. The van der Waals surface area contributed by atoms with Gasteiger partial charge in [-0.3, -0.25) is 0 Å². The molecule has 0 radical (unpaired) electrons. The fourth-order valence-corrected chi connectivity index (χ4v) is 3.91. The van der Waals surface area contributed by atoms with Gasteiger partial charge in [-0.25, -0.2) is 0 Å². The summed E-state index contributed by atoms with van der Waals surface area (Å²) < 4.78 is 4.13. The lowest BCUT2D eigenvalue weighted by Crippen LogP contribution is -2.06. The summed E-state index contributed by atoms with van der Waals surface area (Å²) >= 11 is 3.18. The standard InChI is InChI=1S/C19H13N3S2/c1-22-10-8-14(9-11-22)18-6-4-16(23-18)2-3-17-5-7-19(24-17)15(12-20)13-21/h2-11H,1H3/b16-2-,17-3-. The van der Waals surface area contributed by atoms with Crippen molar-refractivity contribution >= 4 is 46.0 Å². The summed E-state index contributed by atoms with van der Waals surface area (Å²) in [5.41, 5.74) is 1.37. The number of rotatable bonds is 1. The summed E-state index contributed by atoms with van der Waals surface area (Å²) in [6, 6.07) is 11.8. The van der Waals surface area contributed by atoms with Gasteiger partial charge in [-0.2, -0.15) is 10.5 Å². The van der Waals surface area contributed by atoms with Crippen LogP contribution in [0.2, 0.25) is 0 Å². The highest BCUT2D eigenvalue weighted by molar-refractivity contribution is 7.08. The van der Waals surface area contributed by atoms with Gasteiger partial charge in [-0.15, -0.1) is 22.7 Å². The second-order valence-corrected chi connectivity index (χ2v) is 7.32. The summed E-state index contributed by atoms with van der Waals surface area (Å²) in [7, 11) is 2.00. The van der Waals surface area contributed by atoms with Crippen LogP contribution in [0.3, 0.4) is 0 Å². The van der Waals surface area contributed by atoms with E-state index in [1.54, 1.807) is 11.3 Å². The van der Waals surface area contributed by atoms with Crippen LogP contribution in [0.1, 0.15) is 0 Å². The normalized spacial score (nSPS) is 14.8. The van der Waals surface area contributed by atoms with Gasteiger partial charge in [0, 0.05) is 33.0 Å². The summed E-state index contributed by atoms with van der Waals surface area (Å²) in [6.07, 6.45) is 12.4. The molecule has 0 unspecified atom stereocenters. The van der Waals surface area contributed by atoms with Crippen LogP contribution in [0.4, 0.5) is 0 Å². The molecule has 0 aliphatic carbocycles. The van der Waals surface area contributed by atoms with E-state index >= 15 is 0 Å². The van der Waals surface area contributed by atoms with Crippen molar-refractivity contribution in [3.8, 4) is 12.1 Å². The maximum absolute atomic E-state index is 8.90. The minimum atomic E-state index is 0.162. The topological polar surface area (TPSA) is 50.8 Å². The molecule has 0 atom stereocenters. The van der Waals surface area contributed by atoms with Crippen molar-refractivity contribution in [2.75, 3.05) is 7.05 Å². The van der Waals surface area contributed by atoms with E-state index in [-0.39, 0.29) is 5.57 Å². The van der Waals surface area contributed by atoms with E-state index in [2.05, 4.69) is 30.4 Å². The predicted octanol–water partition coefficient (Wildman–Crippen LogP) is 1.39. The van der Waals surface area contributed by atoms with Crippen LogP contribution < -0.4 is 18.1 Å². The Hall–Kier alpha value is -2.86. The molecule has 0 saturated carbocycles. The molecule has 0 spiro atoms. The smallest absolute Gasteiger partial charge is 0.146 e. The van der Waals surface area contributed by atoms with E-state index in [1.165, 1.54) is 21.4 Å². The van der Waals surface area contributed by atoms with Crippen LogP contribution >= 0.6 is 22.7 Å². The van der Waals surface area contributed by atoms with E-state index in [4.69, 9.17) is 10.5 Å². The van der Waals surface area contributed by atoms with E-state index in [0.29, 0.717) is 4.53 Å². The third-order valence-electron chi connectivity index (χ3n) is 3.40. The van der Waals surface area contributed by atoms with Crippen molar-refractivity contribution in [1.82, 2.24) is 4.90 Å². The van der Waals surface area contributed by atoms with Crippen molar-refractivity contribution < 1.29 is 0 Å². The number of thiophene rings is 2. The van der Waals surface area contributed by atoms with Crippen LogP contribution in [0.15, 0.2) is 48.8 Å². The van der Waals surface area contributed by atoms with Gasteiger partial charge in [0.25, 0.3) is 0 Å². The van der Waals surface area contributed by atoms with E-state index in [9.17, 15) is 0 Å². The number of nitrogens with zero attached hydrogens (tertiary/aromatic N) is 3. The van der Waals surface area contributed by atoms with Gasteiger partial charge < -0.3 is 4.90 Å². The summed E-state index contributed by atoms with van der Waals surface area (Å²) in [5.74, 6) is 0. The quantitative estimate of drug-likeness (QED) is 0.783. The molecule has 3 nitrogen and oxygen atoms in total. The molecule has 0 fully saturated rings. The number of nitriles is 2. The van der Waals surface area contributed by atoms with E-state index < -0.39 is 0 Å². The largest absolute Gasteiger partial charge is 0.357 e. The number of hydrogen-bond acceptors (Lipinski definition) is 5. The Balaban J connectivity index is 1.98. The molecule has 1 aliphatic rings. The van der Waals surface area contributed by atoms with Crippen LogP contribution in [0.5, 0.6) is 0 Å². The van der Waals surface area contributed by atoms with Gasteiger partial charge in [0.15, 0.2) is 0 Å². The average molecular weight is 347 g/mol. The van der Waals surface area contributed by atoms with Gasteiger partial charge in [0.05, 0.1) is 4.53 Å². The SMILES string of the molecule is CN1C=CC(=c2cc/c(=C/C=c3/ccc(=C(C#N)C#N)s3)s2)C=C1. The molecule has 1 aliphatic heterocycles. The fourth-order valence-electron chi connectivity index (χ4n) is 2.14. The van der Waals surface area contributed by atoms with Crippen molar-refractivity contribution in [3.05, 3.63) is 66.9 Å². The molecule has 0 amide bonds.